The Balaban J connectivity index is 1.47. The Labute approximate surface area is 252 Å². The van der Waals surface area contributed by atoms with Crippen molar-refractivity contribution in [3.63, 3.8) is 0 Å². The average molecular weight is 587 g/mol. The van der Waals surface area contributed by atoms with Gasteiger partial charge in [-0.1, -0.05) is 60.7 Å². The van der Waals surface area contributed by atoms with Gasteiger partial charge in [0.05, 0.1) is 16.6 Å². The average Bonchev–Trinajstić information content (AvgIpc) is 3.38. The predicted molar refractivity (Wildman–Crippen MR) is 167 cm³/mol. The summed E-state index contributed by atoms with van der Waals surface area (Å²) < 4.78 is 19.8. The second kappa shape index (κ2) is 13.0. The van der Waals surface area contributed by atoms with Crippen molar-refractivity contribution >= 4 is 39.0 Å². The first-order chi connectivity index (χ1) is 21.1. The number of ether oxygens (including phenoxy) is 3. The van der Waals surface area contributed by atoms with Gasteiger partial charge < -0.3 is 19.3 Å². The fourth-order valence-electron chi connectivity index (χ4n) is 4.45. The number of hydrogen-bond donors (Lipinski definition) is 1. The summed E-state index contributed by atoms with van der Waals surface area (Å²) in [6.07, 6.45) is 8.04. The number of aliphatic carboxylic acids is 1. The van der Waals surface area contributed by atoms with Crippen LogP contribution in [-0.2, 0) is 18.0 Å². The van der Waals surface area contributed by atoms with E-state index in [0.29, 0.717) is 46.7 Å². The highest BCUT2D eigenvalue weighted by Gasteiger charge is 2.21. The molecule has 8 heteroatoms. The van der Waals surface area contributed by atoms with Crippen molar-refractivity contribution in [3.05, 3.63) is 143 Å². The number of aromatic nitrogens is 2. The van der Waals surface area contributed by atoms with Gasteiger partial charge in [0, 0.05) is 34.7 Å². The van der Waals surface area contributed by atoms with Gasteiger partial charge in [-0.25, -0.2) is 4.79 Å². The molecule has 3 heterocycles. The highest BCUT2D eigenvalue weighted by molar-refractivity contribution is 7.20. The van der Waals surface area contributed by atoms with Crippen molar-refractivity contribution in [1.82, 2.24) is 9.97 Å². The van der Waals surface area contributed by atoms with Gasteiger partial charge in [0.15, 0.2) is 17.2 Å². The number of rotatable bonds is 11. The summed E-state index contributed by atoms with van der Waals surface area (Å²) in [5, 5.41) is 10.9. The maximum Gasteiger partial charge on any atom is 0.336 e. The zero-order valence-corrected chi connectivity index (χ0v) is 23.7. The maximum absolute atomic E-state index is 12.4. The summed E-state index contributed by atoms with van der Waals surface area (Å²) in [4.78, 5) is 21.2. The van der Waals surface area contributed by atoms with Gasteiger partial charge in [0.2, 0.25) is 0 Å². The molecule has 0 atom stereocenters. The summed E-state index contributed by atoms with van der Waals surface area (Å²) >= 11 is 1.41. The lowest BCUT2D eigenvalue weighted by Crippen LogP contribution is -2.00. The SMILES string of the molecule is O=C(O)/C(=C/c1sc2cc(OCc3ccccc3)c(OCc3ccccc3)cc2c1Oc1cccnc1)c1ccncc1. The molecule has 0 aliphatic carbocycles. The highest BCUT2D eigenvalue weighted by Crippen LogP contribution is 2.46. The Morgan fingerprint density at radius 1 is 0.767 bits per heavy atom. The fourth-order valence-corrected chi connectivity index (χ4v) is 5.54. The van der Waals surface area contributed by atoms with Crippen LogP contribution in [0.4, 0.5) is 0 Å². The number of fused-ring (bicyclic) bond motifs is 1. The summed E-state index contributed by atoms with van der Waals surface area (Å²) in [7, 11) is 0. The molecule has 0 bridgehead atoms. The van der Waals surface area contributed by atoms with E-state index in [4.69, 9.17) is 14.2 Å². The van der Waals surface area contributed by atoms with Crippen LogP contribution in [0, 0.1) is 0 Å². The lowest BCUT2D eigenvalue weighted by Gasteiger charge is -2.14. The number of carboxylic acid groups (broad SMARTS) is 1. The molecule has 0 unspecified atom stereocenters. The van der Waals surface area contributed by atoms with Crippen LogP contribution < -0.4 is 14.2 Å². The molecular weight excluding hydrogens is 560 g/mol. The standard InChI is InChI=1S/C35H26N2O5S/c38-35(39)28(26-13-16-36-17-14-26)19-33-34(42-27-12-7-15-37-21-27)29-18-30(40-22-24-8-3-1-4-9-24)31(20-32(29)43-33)41-23-25-10-5-2-6-11-25/h1-21H,22-23H2,(H,38,39)/b28-19+. The minimum atomic E-state index is -1.06. The summed E-state index contributed by atoms with van der Waals surface area (Å²) in [6.45, 7) is 0.700. The van der Waals surface area contributed by atoms with Gasteiger partial charge >= 0.3 is 5.97 Å². The molecular formula is C35H26N2O5S. The first-order valence-electron chi connectivity index (χ1n) is 13.5. The van der Waals surface area contributed by atoms with E-state index in [-0.39, 0.29) is 5.57 Å². The molecule has 0 saturated carbocycles. The summed E-state index contributed by atoms with van der Waals surface area (Å²) in [6, 6.07) is 30.5. The zero-order chi connectivity index (χ0) is 29.4. The molecule has 6 rings (SSSR count). The first kappa shape index (κ1) is 27.7. The van der Waals surface area contributed by atoms with Crippen molar-refractivity contribution in [1.29, 1.82) is 0 Å². The Kier molecular flexibility index (Phi) is 8.38. The number of carboxylic acids is 1. The van der Waals surface area contributed by atoms with Crippen molar-refractivity contribution in [2.75, 3.05) is 0 Å². The van der Waals surface area contributed by atoms with E-state index >= 15 is 0 Å². The molecule has 1 N–H and O–H groups in total. The molecule has 0 saturated heterocycles. The Morgan fingerprint density at radius 3 is 2.02 bits per heavy atom. The summed E-state index contributed by atoms with van der Waals surface area (Å²) in [5.74, 6) is 1.08. The molecule has 43 heavy (non-hydrogen) atoms. The van der Waals surface area contributed by atoms with Gasteiger partial charge in [0.25, 0.3) is 0 Å². The van der Waals surface area contributed by atoms with Gasteiger partial charge in [-0.15, -0.1) is 11.3 Å². The minimum Gasteiger partial charge on any atom is -0.485 e. The predicted octanol–water partition coefficient (Wildman–Crippen LogP) is 8.27. The molecule has 0 amide bonds. The van der Waals surface area contributed by atoms with Crippen LogP contribution in [0.25, 0.3) is 21.7 Å². The van der Waals surface area contributed by atoms with Crippen LogP contribution >= 0.6 is 11.3 Å². The smallest absolute Gasteiger partial charge is 0.336 e. The van der Waals surface area contributed by atoms with E-state index < -0.39 is 5.97 Å². The minimum absolute atomic E-state index is 0.117. The van der Waals surface area contributed by atoms with Crippen molar-refractivity contribution in [2.24, 2.45) is 0 Å². The molecule has 0 fully saturated rings. The molecule has 7 nitrogen and oxygen atoms in total. The van der Waals surface area contributed by atoms with E-state index in [1.54, 1.807) is 55.1 Å². The molecule has 0 aliphatic rings. The fraction of sp³-hybridized carbons (Fsp3) is 0.0571. The van der Waals surface area contributed by atoms with Gasteiger partial charge in [-0.3, -0.25) is 9.97 Å². The Hall–Kier alpha value is -5.47. The van der Waals surface area contributed by atoms with Crippen LogP contribution in [0.5, 0.6) is 23.0 Å². The number of thiophene rings is 1. The molecule has 0 spiro atoms. The van der Waals surface area contributed by atoms with Crippen molar-refractivity contribution in [3.8, 4) is 23.0 Å². The largest absolute Gasteiger partial charge is 0.485 e. The molecule has 3 aromatic carbocycles. The monoisotopic (exact) mass is 586 g/mol. The van der Waals surface area contributed by atoms with E-state index in [2.05, 4.69) is 9.97 Å². The van der Waals surface area contributed by atoms with Gasteiger partial charge in [-0.2, -0.15) is 0 Å². The summed E-state index contributed by atoms with van der Waals surface area (Å²) in [5.41, 5.74) is 2.69. The van der Waals surface area contributed by atoms with Crippen LogP contribution in [0.3, 0.4) is 0 Å². The van der Waals surface area contributed by atoms with Gasteiger partial charge in [0.1, 0.15) is 19.0 Å². The molecule has 6 aromatic rings. The van der Waals surface area contributed by atoms with Gasteiger partial charge in [-0.05, 0) is 53.1 Å². The number of pyridine rings is 2. The molecule has 3 aromatic heterocycles. The van der Waals surface area contributed by atoms with Crippen LogP contribution in [0.1, 0.15) is 21.6 Å². The molecule has 0 aliphatic heterocycles. The Morgan fingerprint density at radius 2 is 1.42 bits per heavy atom. The number of carbonyl (C=O) groups is 1. The van der Waals surface area contributed by atoms with Crippen molar-refractivity contribution < 1.29 is 24.1 Å². The first-order valence-corrected chi connectivity index (χ1v) is 14.3. The van der Waals surface area contributed by atoms with Crippen LogP contribution in [-0.4, -0.2) is 21.0 Å². The van der Waals surface area contributed by atoms with Crippen LogP contribution in [0.15, 0.2) is 122 Å². The zero-order valence-electron chi connectivity index (χ0n) is 22.9. The third-order valence-electron chi connectivity index (χ3n) is 6.56. The quantitative estimate of drug-likeness (QED) is 0.153. The second-order valence-corrected chi connectivity index (χ2v) is 10.6. The third-order valence-corrected chi connectivity index (χ3v) is 7.64. The van der Waals surface area contributed by atoms with Crippen LogP contribution in [0.2, 0.25) is 0 Å². The normalized spacial score (nSPS) is 11.3. The number of nitrogens with zero attached hydrogens (tertiary/aromatic N) is 2. The lowest BCUT2D eigenvalue weighted by molar-refractivity contribution is -0.130. The molecule has 0 radical (unpaired) electrons. The Bertz CT molecular complexity index is 1860. The maximum atomic E-state index is 12.4. The number of hydrogen-bond acceptors (Lipinski definition) is 7. The highest BCUT2D eigenvalue weighted by atomic mass is 32.1. The lowest BCUT2D eigenvalue weighted by atomic mass is 10.1. The van der Waals surface area contributed by atoms with E-state index in [9.17, 15) is 9.90 Å². The van der Waals surface area contributed by atoms with E-state index in [0.717, 1.165) is 21.2 Å². The molecule has 212 valence electrons. The topological polar surface area (TPSA) is 90.8 Å². The van der Waals surface area contributed by atoms with E-state index in [1.165, 1.54) is 11.3 Å². The number of benzene rings is 3. The van der Waals surface area contributed by atoms with E-state index in [1.807, 2.05) is 72.8 Å². The van der Waals surface area contributed by atoms with Crippen molar-refractivity contribution in [2.45, 2.75) is 13.2 Å². The third kappa shape index (κ3) is 6.72. The second-order valence-electron chi connectivity index (χ2n) is 9.53.